The van der Waals surface area contributed by atoms with Gasteiger partial charge in [-0.05, 0) is 51.1 Å². The van der Waals surface area contributed by atoms with Gasteiger partial charge in [-0.25, -0.2) is 0 Å². The van der Waals surface area contributed by atoms with E-state index in [9.17, 15) is 4.79 Å². The Balaban J connectivity index is 1.77. The number of hydrogen-bond acceptors (Lipinski definition) is 5. The number of rotatable bonds is 8. The van der Waals surface area contributed by atoms with Crippen LogP contribution in [0, 0.1) is 0 Å². The average molecular weight is 391 g/mol. The number of aromatic nitrogens is 1. The first-order chi connectivity index (χ1) is 14.1. The number of nitrogens with zero attached hydrogens (tertiary/aromatic N) is 1. The predicted molar refractivity (Wildman–Crippen MR) is 115 cm³/mol. The maximum Gasteiger partial charge on any atom is 0.257 e. The second-order valence-electron chi connectivity index (χ2n) is 6.63. The number of hydrogen-bond donors (Lipinski definition) is 2. The smallest absolute Gasteiger partial charge is 0.257 e. The van der Waals surface area contributed by atoms with E-state index < -0.39 is 0 Å². The summed E-state index contributed by atoms with van der Waals surface area (Å²) in [5, 5.41) is 6.16. The van der Waals surface area contributed by atoms with Crippen LogP contribution in [-0.4, -0.2) is 23.6 Å². The van der Waals surface area contributed by atoms with Gasteiger partial charge in [0.15, 0.2) is 0 Å². The SMILES string of the molecule is CCOc1ccccc1Nc1cncc(C(=O)Nc2ccccc2OC(C)C)c1. The monoisotopic (exact) mass is 391 g/mol. The normalized spacial score (nSPS) is 10.5. The maximum absolute atomic E-state index is 12.8. The molecule has 1 amide bonds. The Morgan fingerprint density at radius 3 is 2.41 bits per heavy atom. The van der Waals surface area contributed by atoms with Gasteiger partial charge in [0.05, 0.1) is 41.5 Å². The van der Waals surface area contributed by atoms with Crippen LogP contribution in [-0.2, 0) is 0 Å². The third-order valence-corrected chi connectivity index (χ3v) is 3.96. The molecule has 6 heteroatoms. The number of para-hydroxylation sites is 4. The minimum atomic E-state index is -0.265. The van der Waals surface area contributed by atoms with E-state index in [2.05, 4.69) is 15.6 Å². The van der Waals surface area contributed by atoms with Gasteiger partial charge in [-0.2, -0.15) is 0 Å². The van der Waals surface area contributed by atoms with Crippen LogP contribution >= 0.6 is 0 Å². The second kappa shape index (κ2) is 9.59. The summed E-state index contributed by atoms with van der Waals surface area (Å²) in [6.07, 6.45) is 3.20. The highest BCUT2D eigenvalue weighted by molar-refractivity contribution is 6.05. The summed E-state index contributed by atoms with van der Waals surface area (Å²) in [6.45, 7) is 6.39. The quantitative estimate of drug-likeness (QED) is 0.548. The molecule has 1 heterocycles. The Morgan fingerprint density at radius 2 is 1.69 bits per heavy atom. The van der Waals surface area contributed by atoms with Crippen LogP contribution in [0.5, 0.6) is 11.5 Å². The van der Waals surface area contributed by atoms with Gasteiger partial charge in [0.1, 0.15) is 11.5 Å². The summed E-state index contributed by atoms with van der Waals surface area (Å²) in [5.74, 6) is 1.10. The highest BCUT2D eigenvalue weighted by atomic mass is 16.5. The molecule has 0 aliphatic rings. The topological polar surface area (TPSA) is 72.5 Å². The lowest BCUT2D eigenvalue weighted by Crippen LogP contribution is -2.15. The number of ether oxygens (including phenoxy) is 2. The van der Waals surface area contributed by atoms with Crippen LogP contribution in [0.4, 0.5) is 17.1 Å². The highest BCUT2D eigenvalue weighted by Gasteiger charge is 2.12. The van der Waals surface area contributed by atoms with Crippen molar-refractivity contribution in [2.45, 2.75) is 26.9 Å². The highest BCUT2D eigenvalue weighted by Crippen LogP contribution is 2.28. The summed E-state index contributed by atoms with van der Waals surface area (Å²) in [5.41, 5.74) is 2.55. The molecule has 2 aromatic carbocycles. The van der Waals surface area contributed by atoms with E-state index in [1.807, 2.05) is 69.3 Å². The molecule has 6 nitrogen and oxygen atoms in total. The van der Waals surface area contributed by atoms with Crippen molar-refractivity contribution in [1.29, 1.82) is 0 Å². The molecule has 0 atom stereocenters. The number of carbonyl (C=O) groups is 1. The number of benzene rings is 2. The zero-order valence-electron chi connectivity index (χ0n) is 16.8. The standard InChI is InChI=1S/C23H25N3O3/c1-4-28-21-11-7-5-9-19(21)25-18-13-17(14-24-15-18)23(27)26-20-10-6-8-12-22(20)29-16(2)3/h5-16,25H,4H2,1-3H3,(H,26,27). The minimum absolute atomic E-state index is 0.00709. The average Bonchev–Trinajstić information content (AvgIpc) is 2.71. The van der Waals surface area contributed by atoms with Crippen molar-refractivity contribution in [1.82, 2.24) is 4.98 Å². The number of amides is 1. The Bertz CT molecular complexity index is 973. The number of carbonyl (C=O) groups excluding carboxylic acids is 1. The van der Waals surface area contributed by atoms with Crippen molar-refractivity contribution in [3.63, 3.8) is 0 Å². The zero-order chi connectivity index (χ0) is 20.6. The van der Waals surface area contributed by atoms with Gasteiger partial charge in [-0.15, -0.1) is 0 Å². The van der Waals surface area contributed by atoms with Gasteiger partial charge in [0.2, 0.25) is 0 Å². The van der Waals surface area contributed by atoms with Crippen molar-refractivity contribution in [3.05, 3.63) is 72.6 Å². The van der Waals surface area contributed by atoms with Gasteiger partial charge >= 0.3 is 0 Å². The number of nitrogens with one attached hydrogen (secondary N) is 2. The van der Waals surface area contributed by atoms with Gasteiger partial charge < -0.3 is 20.1 Å². The Kier molecular flexibility index (Phi) is 6.68. The van der Waals surface area contributed by atoms with E-state index in [1.165, 1.54) is 6.20 Å². The molecule has 0 unspecified atom stereocenters. The van der Waals surface area contributed by atoms with Crippen LogP contribution < -0.4 is 20.1 Å². The maximum atomic E-state index is 12.8. The second-order valence-corrected chi connectivity index (χ2v) is 6.63. The van der Waals surface area contributed by atoms with Crippen molar-refractivity contribution < 1.29 is 14.3 Å². The summed E-state index contributed by atoms with van der Waals surface area (Å²) < 4.78 is 11.4. The first-order valence-corrected chi connectivity index (χ1v) is 9.57. The molecule has 0 aliphatic heterocycles. The Hall–Kier alpha value is -3.54. The number of pyridine rings is 1. The van der Waals surface area contributed by atoms with Crippen LogP contribution in [0.25, 0.3) is 0 Å². The van der Waals surface area contributed by atoms with Crippen LogP contribution in [0.1, 0.15) is 31.1 Å². The van der Waals surface area contributed by atoms with Crippen molar-refractivity contribution in [2.75, 3.05) is 17.2 Å². The molecule has 0 bridgehead atoms. The zero-order valence-corrected chi connectivity index (χ0v) is 16.8. The molecule has 0 radical (unpaired) electrons. The summed E-state index contributed by atoms with van der Waals surface area (Å²) >= 11 is 0. The molecule has 3 rings (SSSR count). The lowest BCUT2D eigenvalue weighted by Gasteiger charge is -2.15. The molecular formula is C23H25N3O3. The molecule has 1 aromatic heterocycles. The third kappa shape index (κ3) is 5.48. The lowest BCUT2D eigenvalue weighted by molar-refractivity contribution is 0.102. The Morgan fingerprint density at radius 1 is 1.00 bits per heavy atom. The molecule has 3 aromatic rings. The lowest BCUT2D eigenvalue weighted by atomic mass is 10.2. The molecule has 0 saturated carbocycles. The van der Waals surface area contributed by atoms with Crippen molar-refractivity contribution in [2.24, 2.45) is 0 Å². The molecule has 0 fully saturated rings. The summed E-state index contributed by atoms with van der Waals surface area (Å²) in [6, 6.07) is 16.7. The van der Waals surface area contributed by atoms with Crippen molar-refractivity contribution >= 4 is 23.0 Å². The van der Waals surface area contributed by atoms with Gasteiger partial charge in [0, 0.05) is 6.20 Å². The summed E-state index contributed by atoms with van der Waals surface area (Å²) in [7, 11) is 0. The Labute approximate surface area is 170 Å². The molecular weight excluding hydrogens is 366 g/mol. The molecule has 2 N–H and O–H groups in total. The van der Waals surface area contributed by atoms with Gasteiger partial charge in [-0.3, -0.25) is 9.78 Å². The fraction of sp³-hybridized carbons (Fsp3) is 0.217. The first-order valence-electron chi connectivity index (χ1n) is 9.57. The third-order valence-electron chi connectivity index (χ3n) is 3.96. The van der Waals surface area contributed by atoms with Crippen LogP contribution in [0.3, 0.4) is 0 Å². The largest absolute Gasteiger partial charge is 0.492 e. The molecule has 0 saturated heterocycles. The van der Waals surface area contributed by atoms with E-state index in [1.54, 1.807) is 12.3 Å². The van der Waals surface area contributed by atoms with E-state index in [0.29, 0.717) is 29.3 Å². The molecule has 0 spiro atoms. The van der Waals surface area contributed by atoms with E-state index in [0.717, 1.165) is 11.4 Å². The van der Waals surface area contributed by atoms with Gasteiger partial charge in [0.25, 0.3) is 5.91 Å². The van der Waals surface area contributed by atoms with Crippen LogP contribution in [0.2, 0.25) is 0 Å². The van der Waals surface area contributed by atoms with Crippen LogP contribution in [0.15, 0.2) is 67.0 Å². The summed E-state index contributed by atoms with van der Waals surface area (Å²) in [4.78, 5) is 17.0. The van der Waals surface area contributed by atoms with E-state index in [-0.39, 0.29) is 12.0 Å². The molecule has 150 valence electrons. The fourth-order valence-electron chi connectivity index (χ4n) is 2.76. The van der Waals surface area contributed by atoms with Gasteiger partial charge in [-0.1, -0.05) is 24.3 Å². The molecule has 29 heavy (non-hydrogen) atoms. The first kappa shape index (κ1) is 20.2. The van der Waals surface area contributed by atoms with Crippen molar-refractivity contribution in [3.8, 4) is 11.5 Å². The predicted octanol–water partition coefficient (Wildman–Crippen LogP) is 5.26. The number of anilines is 3. The minimum Gasteiger partial charge on any atom is -0.492 e. The molecule has 0 aliphatic carbocycles. The van der Waals surface area contributed by atoms with E-state index in [4.69, 9.17) is 9.47 Å². The fourth-order valence-corrected chi connectivity index (χ4v) is 2.76. The van der Waals surface area contributed by atoms with E-state index >= 15 is 0 Å².